The van der Waals surface area contributed by atoms with E-state index in [1.807, 2.05) is 48.9 Å². The number of para-hydroxylation sites is 1. The van der Waals surface area contributed by atoms with E-state index in [1.165, 1.54) is 0 Å². The Bertz CT molecular complexity index is 793. The summed E-state index contributed by atoms with van der Waals surface area (Å²) in [4.78, 5) is 24.2. The molecule has 1 aromatic heterocycles. The average molecular weight is 372 g/mol. The van der Waals surface area contributed by atoms with Gasteiger partial charge in [-0.25, -0.2) is 9.48 Å². The summed E-state index contributed by atoms with van der Waals surface area (Å²) in [6, 6.07) is 8.83. The minimum absolute atomic E-state index is 0.252. The lowest BCUT2D eigenvalue weighted by Crippen LogP contribution is -2.47. The zero-order valence-corrected chi connectivity index (χ0v) is 16.7. The van der Waals surface area contributed by atoms with Crippen LogP contribution in [0.4, 0.5) is 4.79 Å². The summed E-state index contributed by atoms with van der Waals surface area (Å²) in [7, 11) is 0. The monoisotopic (exact) mass is 372 g/mol. The van der Waals surface area contributed by atoms with Gasteiger partial charge in [0.05, 0.1) is 17.9 Å². The van der Waals surface area contributed by atoms with Gasteiger partial charge >= 0.3 is 6.09 Å². The first kappa shape index (κ1) is 20.5. The standard InChI is InChI=1S/C20H28N4O3/c1-13(22-18(25)14(2)23-19(26)27-20(4,5)6)17-12-21-24(15(17)3)16-10-8-7-9-11-16/h7-14H,1-6H3,(H,22,25)(H,23,26)/t13?,14-/m1/s1. The van der Waals surface area contributed by atoms with Gasteiger partial charge in [0.2, 0.25) is 5.91 Å². The van der Waals surface area contributed by atoms with Crippen molar-refractivity contribution in [3.05, 3.63) is 47.8 Å². The van der Waals surface area contributed by atoms with Gasteiger partial charge in [0.25, 0.3) is 0 Å². The fourth-order valence-corrected chi connectivity index (χ4v) is 2.64. The summed E-state index contributed by atoms with van der Waals surface area (Å²) < 4.78 is 7.01. The first-order valence-corrected chi connectivity index (χ1v) is 8.98. The van der Waals surface area contributed by atoms with Crippen LogP contribution in [0.1, 0.15) is 51.9 Å². The highest BCUT2D eigenvalue weighted by atomic mass is 16.6. The molecule has 1 unspecified atom stereocenters. The molecule has 7 heteroatoms. The Balaban J connectivity index is 2.00. The van der Waals surface area contributed by atoms with Gasteiger partial charge in [-0.3, -0.25) is 4.79 Å². The molecule has 146 valence electrons. The second-order valence-electron chi connectivity index (χ2n) is 7.53. The maximum absolute atomic E-state index is 12.4. The number of carbonyl (C=O) groups excluding carboxylic acids is 2. The number of hydrogen-bond donors (Lipinski definition) is 2. The molecular weight excluding hydrogens is 344 g/mol. The number of nitrogens with zero attached hydrogens (tertiary/aromatic N) is 2. The van der Waals surface area contributed by atoms with Gasteiger partial charge in [0.1, 0.15) is 11.6 Å². The molecule has 0 spiro atoms. The van der Waals surface area contributed by atoms with Crippen molar-refractivity contribution < 1.29 is 14.3 Å². The molecule has 2 aromatic rings. The zero-order chi connectivity index (χ0) is 20.2. The van der Waals surface area contributed by atoms with Crippen molar-refractivity contribution in [2.24, 2.45) is 0 Å². The molecule has 0 aliphatic carbocycles. The molecule has 0 fully saturated rings. The van der Waals surface area contributed by atoms with Crippen LogP contribution in [0.25, 0.3) is 5.69 Å². The topological polar surface area (TPSA) is 85.2 Å². The Morgan fingerprint density at radius 1 is 1.11 bits per heavy atom. The lowest BCUT2D eigenvalue weighted by atomic mass is 10.1. The minimum atomic E-state index is -0.716. The number of carbonyl (C=O) groups is 2. The summed E-state index contributed by atoms with van der Waals surface area (Å²) >= 11 is 0. The van der Waals surface area contributed by atoms with Crippen LogP contribution in [0.3, 0.4) is 0 Å². The van der Waals surface area contributed by atoms with Gasteiger partial charge in [0.15, 0.2) is 0 Å². The summed E-state index contributed by atoms with van der Waals surface area (Å²) in [6.07, 6.45) is 1.13. The number of benzene rings is 1. The van der Waals surface area contributed by atoms with Crippen molar-refractivity contribution >= 4 is 12.0 Å². The Kier molecular flexibility index (Phi) is 6.25. The molecular formula is C20H28N4O3. The number of rotatable bonds is 5. The van der Waals surface area contributed by atoms with Crippen LogP contribution in [0.2, 0.25) is 0 Å². The predicted molar refractivity (Wildman–Crippen MR) is 104 cm³/mol. The van der Waals surface area contributed by atoms with Gasteiger partial charge in [0, 0.05) is 11.3 Å². The van der Waals surface area contributed by atoms with Crippen LogP contribution in [0.15, 0.2) is 36.5 Å². The molecule has 1 aromatic carbocycles. The third-order valence-corrected chi connectivity index (χ3v) is 4.00. The van der Waals surface area contributed by atoms with Gasteiger partial charge in [-0.05, 0) is 53.7 Å². The Morgan fingerprint density at radius 3 is 2.33 bits per heavy atom. The lowest BCUT2D eigenvalue weighted by molar-refractivity contribution is -0.123. The van der Waals surface area contributed by atoms with Crippen molar-refractivity contribution in [2.75, 3.05) is 0 Å². The van der Waals surface area contributed by atoms with Crippen molar-refractivity contribution in [3.63, 3.8) is 0 Å². The van der Waals surface area contributed by atoms with E-state index in [0.717, 1.165) is 16.9 Å². The van der Waals surface area contributed by atoms with Crippen molar-refractivity contribution in [1.82, 2.24) is 20.4 Å². The summed E-state index contributed by atoms with van der Waals surface area (Å²) in [5, 5.41) is 9.88. The predicted octanol–water partition coefficient (Wildman–Crippen LogP) is 3.27. The average Bonchev–Trinajstić information content (AvgIpc) is 2.95. The maximum Gasteiger partial charge on any atom is 0.408 e. The fraction of sp³-hybridized carbons (Fsp3) is 0.450. The number of nitrogens with one attached hydrogen (secondary N) is 2. The first-order valence-electron chi connectivity index (χ1n) is 8.98. The van der Waals surface area contributed by atoms with E-state index in [1.54, 1.807) is 33.9 Å². The van der Waals surface area contributed by atoms with Crippen LogP contribution in [-0.2, 0) is 9.53 Å². The van der Waals surface area contributed by atoms with E-state index in [9.17, 15) is 9.59 Å². The molecule has 2 N–H and O–H groups in total. The highest BCUT2D eigenvalue weighted by Crippen LogP contribution is 2.20. The highest BCUT2D eigenvalue weighted by molar-refractivity contribution is 5.85. The third kappa shape index (κ3) is 5.57. The van der Waals surface area contributed by atoms with Crippen LogP contribution < -0.4 is 10.6 Å². The number of aromatic nitrogens is 2. The first-order chi connectivity index (χ1) is 12.6. The smallest absolute Gasteiger partial charge is 0.408 e. The van der Waals surface area contributed by atoms with Gasteiger partial charge in [-0.1, -0.05) is 18.2 Å². The number of ether oxygens (including phenoxy) is 1. The third-order valence-electron chi connectivity index (χ3n) is 4.00. The quantitative estimate of drug-likeness (QED) is 0.843. The van der Waals surface area contributed by atoms with Crippen LogP contribution in [-0.4, -0.2) is 33.4 Å². The number of amides is 2. The fourth-order valence-electron chi connectivity index (χ4n) is 2.64. The van der Waals surface area contributed by atoms with E-state index in [4.69, 9.17) is 4.74 Å². The van der Waals surface area contributed by atoms with Crippen molar-refractivity contribution in [1.29, 1.82) is 0 Å². The largest absolute Gasteiger partial charge is 0.444 e. The second kappa shape index (κ2) is 8.24. The SMILES string of the molecule is Cc1c(C(C)NC(=O)[C@@H](C)NC(=O)OC(C)(C)C)cnn1-c1ccccc1. The molecule has 0 saturated heterocycles. The Morgan fingerprint density at radius 2 is 1.74 bits per heavy atom. The van der Waals surface area contributed by atoms with Crippen molar-refractivity contribution in [2.45, 2.75) is 59.2 Å². The van der Waals surface area contributed by atoms with E-state index < -0.39 is 17.7 Å². The van der Waals surface area contributed by atoms with E-state index >= 15 is 0 Å². The molecule has 2 atom stereocenters. The molecule has 2 amide bonds. The maximum atomic E-state index is 12.4. The second-order valence-corrected chi connectivity index (χ2v) is 7.53. The van der Waals surface area contributed by atoms with E-state index in [0.29, 0.717) is 0 Å². The van der Waals surface area contributed by atoms with E-state index in [2.05, 4.69) is 15.7 Å². The van der Waals surface area contributed by atoms with Gasteiger partial charge in [-0.2, -0.15) is 5.10 Å². The molecule has 0 bridgehead atoms. The molecule has 27 heavy (non-hydrogen) atoms. The lowest BCUT2D eigenvalue weighted by Gasteiger charge is -2.22. The molecule has 2 rings (SSSR count). The Labute approximate surface area is 160 Å². The molecule has 7 nitrogen and oxygen atoms in total. The van der Waals surface area contributed by atoms with Crippen LogP contribution >= 0.6 is 0 Å². The van der Waals surface area contributed by atoms with E-state index in [-0.39, 0.29) is 11.9 Å². The summed E-state index contributed by atoms with van der Waals surface area (Å²) in [5.41, 5.74) is 2.20. The number of alkyl carbamates (subject to hydrolysis) is 1. The van der Waals surface area contributed by atoms with Crippen molar-refractivity contribution in [3.8, 4) is 5.69 Å². The molecule has 0 aliphatic heterocycles. The molecule has 1 heterocycles. The zero-order valence-electron chi connectivity index (χ0n) is 16.7. The summed E-state index contributed by atoms with van der Waals surface area (Å²) in [6.45, 7) is 10.8. The molecule has 0 saturated carbocycles. The number of hydrogen-bond acceptors (Lipinski definition) is 4. The highest BCUT2D eigenvalue weighted by Gasteiger charge is 2.23. The molecule has 0 aliphatic rings. The van der Waals surface area contributed by atoms with Crippen LogP contribution in [0.5, 0.6) is 0 Å². The summed E-state index contributed by atoms with van der Waals surface area (Å²) in [5.74, 6) is -0.291. The van der Waals surface area contributed by atoms with Crippen LogP contribution in [0, 0.1) is 6.92 Å². The molecule has 0 radical (unpaired) electrons. The normalized spacial score (nSPS) is 13.6. The van der Waals surface area contributed by atoms with Gasteiger partial charge < -0.3 is 15.4 Å². The Hall–Kier alpha value is -2.83. The minimum Gasteiger partial charge on any atom is -0.444 e. The van der Waals surface area contributed by atoms with Gasteiger partial charge in [-0.15, -0.1) is 0 Å².